The van der Waals surface area contributed by atoms with Crippen molar-refractivity contribution < 1.29 is 18.3 Å². The number of nitrogens with one attached hydrogen (secondary N) is 1. The highest BCUT2D eigenvalue weighted by molar-refractivity contribution is 6.07. The number of amides is 1. The van der Waals surface area contributed by atoms with E-state index in [9.17, 15) is 13.6 Å². The van der Waals surface area contributed by atoms with E-state index in [-0.39, 0.29) is 28.4 Å². The summed E-state index contributed by atoms with van der Waals surface area (Å²) >= 11 is 0. The summed E-state index contributed by atoms with van der Waals surface area (Å²) in [5, 5.41) is 2.40. The third kappa shape index (κ3) is 4.70. The van der Waals surface area contributed by atoms with Gasteiger partial charge in [0.1, 0.15) is 5.82 Å². The van der Waals surface area contributed by atoms with Crippen LogP contribution in [0.5, 0.6) is 5.75 Å². The van der Waals surface area contributed by atoms with Crippen LogP contribution in [0.4, 0.5) is 20.3 Å². The fourth-order valence-corrected chi connectivity index (χ4v) is 2.21. The monoisotopic (exact) mass is 359 g/mol. The van der Waals surface area contributed by atoms with Crippen LogP contribution < -0.4 is 15.8 Å². The standard InChI is InChI=1S/C19H19F2N3O2/c1-3-4-5-6-10-26-15-9-7-8-14(16(15)20)23-19(25)13-11-12(2)17(21)24-18(13)22/h1,7-9,11H,4-6,10H2,2H3,(H2,22,24)(H,23,25). The Morgan fingerprint density at radius 1 is 1.38 bits per heavy atom. The molecule has 7 heteroatoms. The van der Waals surface area contributed by atoms with Gasteiger partial charge in [-0.05, 0) is 38.0 Å². The molecule has 3 N–H and O–H groups in total. The van der Waals surface area contributed by atoms with E-state index in [1.165, 1.54) is 25.1 Å². The van der Waals surface area contributed by atoms with Crippen LogP contribution in [0.3, 0.4) is 0 Å². The second kappa shape index (κ2) is 8.81. The van der Waals surface area contributed by atoms with Gasteiger partial charge in [-0.15, -0.1) is 12.3 Å². The largest absolute Gasteiger partial charge is 0.490 e. The maximum Gasteiger partial charge on any atom is 0.259 e. The fourth-order valence-electron chi connectivity index (χ4n) is 2.21. The highest BCUT2D eigenvalue weighted by atomic mass is 19.1. The molecule has 0 saturated carbocycles. The van der Waals surface area contributed by atoms with Crippen molar-refractivity contribution in [2.75, 3.05) is 17.7 Å². The first-order valence-corrected chi connectivity index (χ1v) is 8.02. The first-order valence-electron chi connectivity index (χ1n) is 8.02. The van der Waals surface area contributed by atoms with E-state index in [4.69, 9.17) is 16.9 Å². The van der Waals surface area contributed by atoms with Crippen LogP contribution >= 0.6 is 0 Å². The van der Waals surface area contributed by atoms with Crippen LogP contribution in [0.25, 0.3) is 0 Å². The molecule has 1 heterocycles. The number of rotatable bonds is 7. The van der Waals surface area contributed by atoms with Gasteiger partial charge < -0.3 is 15.8 Å². The molecular formula is C19H19F2N3O2. The SMILES string of the molecule is C#CCCCCOc1cccc(NC(=O)c2cc(C)c(F)nc2N)c1F. The molecule has 0 radical (unpaired) electrons. The van der Waals surface area contributed by atoms with E-state index in [2.05, 4.69) is 16.2 Å². The number of nitrogens with zero attached hydrogens (tertiary/aromatic N) is 1. The third-order valence-electron chi connectivity index (χ3n) is 3.61. The van der Waals surface area contributed by atoms with E-state index in [0.717, 1.165) is 6.42 Å². The molecule has 0 unspecified atom stereocenters. The molecule has 0 bridgehead atoms. The quantitative estimate of drug-likeness (QED) is 0.449. The lowest BCUT2D eigenvalue weighted by Crippen LogP contribution is -2.17. The summed E-state index contributed by atoms with van der Waals surface area (Å²) in [5.74, 6) is 0.111. The number of aryl methyl sites for hydroxylation is 1. The van der Waals surface area contributed by atoms with Crippen LogP contribution in [0.2, 0.25) is 0 Å². The summed E-state index contributed by atoms with van der Waals surface area (Å²) < 4.78 is 33.2. The topological polar surface area (TPSA) is 77.2 Å². The predicted molar refractivity (Wildman–Crippen MR) is 95.9 cm³/mol. The summed E-state index contributed by atoms with van der Waals surface area (Å²) in [6, 6.07) is 5.66. The number of carbonyl (C=O) groups excluding carboxylic acids is 1. The van der Waals surface area contributed by atoms with Crippen molar-refractivity contribution in [1.82, 2.24) is 4.98 Å². The van der Waals surface area contributed by atoms with Gasteiger partial charge in [0, 0.05) is 12.0 Å². The Hall–Kier alpha value is -3.14. The normalized spacial score (nSPS) is 10.2. The highest BCUT2D eigenvalue weighted by Crippen LogP contribution is 2.26. The predicted octanol–water partition coefficient (Wildman–Crippen LogP) is 3.69. The first kappa shape index (κ1) is 19.2. The van der Waals surface area contributed by atoms with Gasteiger partial charge in [0.2, 0.25) is 5.95 Å². The second-order valence-corrected chi connectivity index (χ2v) is 5.61. The molecule has 0 aliphatic carbocycles. The van der Waals surface area contributed by atoms with Crippen LogP contribution in [0.15, 0.2) is 24.3 Å². The summed E-state index contributed by atoms with van der Waals surface area (Å²) in [6.07, 6.45) is 7.27. The van der Waals surface area contributed by atoms with E-state index in [1.807, 2.05) is 0 Å². The number of halogens is 2. The Morgan fingerprint density at radius 2 is 2.15 bits per heavy atom. The Balaban J connectivity index is 2.10. The minimum atomic E-state index is -0.759. The molecule has 136 valence electrons. The molecule has 2 aromatic rings. The fraction of sp³-hybridized carbons (Fsp3) is 0.263. The molecule has 1 aromatic carbocycles. The lowest BCUT2D eigenvalue weighted by Gasteiger charge is -2.12. The number of nitrogens with two attached hydrogens (primary N) is 1. The molecule has 1 amide bonds. The number of unbranched alkanes of at least 4 members (excludes halogenated alkanes) is 2. The lowest BCUT2D eigenvalue weighted by atomic mass is 10.1. The van der Waals surface area contributed by atoms with Gasteiger partial charge >= 0.3 is 0 Å². The summed E-state index contributed by atoms with van der Waals surface area (Å²) in [6.45, 7) is 1.76. The van der Waals surface area contributed by atoms with Crippen molar-refractivity contribution >= 4 is 17.4 Å². The van der Waals surface area contributed by atoms with E-state index < -0.39 is 17.7 Å². The molecule has 0 spiro atoms. The average Bonchev–Trinajstić information content (AvgIpc) is 2.60. The smallest absolute Gasteiger partial charge is 0.259 e. The van der Waals surface area contributed by atoms with E-state index in [0.29, 0.717) is 19.4 Å². The van der Waals surface area contributed by atoms with Crippen LogP contribution in [-0.2, 0) is 0 Å². The number of hydrogen-bond donors (Lipinski definition) is 2. The zero-order valence-corrected chi connectivity index (χ0v) is 14.3. The number of benzene rings is 1. The van der Waals surface area contributed by atoms with Gasteiger partial charge in [0.05, 0.1) is 17.9 Å². The maximum absolute atomic E-state index is 14.5. The molecule has 5 nitrogen and oxygen atoms in total. The van der Waals surface area contributed by atoms with Gasteiger partial charge in [-0.1, -0.05) is 6.07 Å². The molecule has 0 saturated heterocycles. The Labute approximate surface area is 150 Å². The van der Waals surface area contributed by atoms with Crippen molar-refractivity contribution in [3.63, 3.8) is 0 Å². The molecular weight excluding hydrogens is 340 g/mol. The molecule has 1 aromatic heterocycles. The summed E-state index contributed by atoms with van der Waals surface area (Å²) in [7, 11) is 0. The van der Waals surface area contributed by atoms with Gasteiger partial charge in [-0.3, -0.25) is 4.79 Å². The lowest BCUT2D eigenvalue weighted by molar-refractivity contribution is 0.102. The van der Waals surface area contributed by atoms with E-state index >= 15 is 0 Å². The average molecular weight is 359 g/mol. The number of pyridine rings is 1. The minimum absolute atomic E-state index is 0.0184. The Kier molecular flexibility index (Phi) is 6.50. The van der Waals surface area contributed by atoms with Crippen molar-refractivity contribution in [2.24, 2.45) is 0 Å². The molecule has 0 atom stereocenters. The number of anilines is 2. The van der Waals surface area contributed by atoms with Gasteiger partial charge in [0.15, 0.2) is 11.6 Å². The molecule has 0 fully saturated rings. The summed E-state index contributed by atoms with van der Waals surface area (Å²) in [5.41, 5.74) is 5.63. The zero-order valence-electron chi connectivity index (χ0n) is 14.3. The van der Waals surface area contributed by atoms with Gasteiger partial charge in [-0.25, -0.2) is 9.37 Å². The molecule has 26 heavy (non-hydrogen) atoms. The van der Waals surface area contributed by atoms with Crippen molar-refractivity contribution in [3.8, 4) is 18.1 Å². The first-order chi connectivity index (χ1) is 12.4. The molecule has 0 aliphatic rings. The van der Waals surface area contributed by atoms with Crippen LogP contribution in [0, 0.1) is 31.0 Å². The maximum atomic E-state index is 14.5. The summed E-state index contributed by atoms with van der Waals surface area (Å²) in [4.78, 5) is 15.8. The number of nitrogen functional groups attached to an aromatic ring is 1. The Morgan fingerprint density at radius 3 is 2.88 bits per heavy atom. The van der Waals surface area contributed by atoms with Crippen molar-refractivity contribution in [3.05, 3.63) is 47.2 Å². The number of ether oxygens (including phenoxy) is 1. The van der Waals surface area contributed by atoms with E-state index in [1.54, 1.807) is 6.07 Å². The Bertz CT molecular complexity index is 847. The number of carbonyl (C=O) groups is 1. The number of hydrogen-bond acceptors (Lipinski definition) is 4. The van der Waals surface area contributed by atoms with Crippen LogP contribution in [-0.4, -0.2) is 17.5 Å². The van der Waals surface area contributed by atoms with Crippen molar-refractivity contribution in [1.29, 1.82) is 0 Å². The highest BCUT2D eigenvalue weighted by Gasteiger charge is 2.17. The molecule has 2 rings (SSSR count). The number of terminal acetylenes is 1. The zero-order chi connectivity index (χ0) is 19.1. The van der Waals surface area contributed by atoms with Gasteiger partial charge in [-0.2, -0.15) is 4.39 Å². The van der Waals surface area contributed by atoms with Crippen LogP contribution in [0.1, 0.15) is 35.2 Å². The minimum Gasteiger partial charge on any atom is -0.490 e. The van der Waals surface area contributed by atoms with Gasteiger partial charge in [0.25, 0.3) is 5.91 Å². The number of aromatic nitrogens is 1. The molecule has 0 aliphatic heterocycles. The third-order valence-corrected chi connectivity index (χ3v) is 3.61. The van der Waals surface area contributed by atoms with Crippen molar-refractivity contribution in [2.45, 2.75) is 26.2 Å². The second-order valence-electron chi connectivity index (χ2n) is 5.61.